The Bertz CT molecular complexity index is 421. The van der Waals surface area contributed by atoms with Crippen LogP contribution in [0.1, 0.15) is 31.1 Å². The molecule has 0 aliphatic rings. The van der Waals surface area contributed by atoms with E-state index >= 15 is 0 Å². The van der Waals surface area contributed by atoms with Gasteiger partial charge < -0.3 is 14.6 Å². The number of rotatable bonds is 8. The second-order valence-electron chi connectivity index (χ2n) is 7.01. The summed E-state index contributed by atoms with van der Waals surface area (Å²) < 4.78 is 8.06. The van der Waals surface area contributed by atoms with Crippen molar-refractivity contribution in [3.05, 3.63) is 17.2 Å². The molecule has 0 atom stereocenters. The molecule has 0 bridgehead atoms. The van der Waals surface area contributed by atoms with E-state index in [1.165, 1.54) is 11.7 Å². The lowest BCUT2D eigenvalue weighted by molar-refractivity contribution is 0.0835. The Balaban J connectivity index is 2.59. The fourth-order valence-corrected chi connectivity index (χ4v) is 2.62. The summed E-state index contributed by atoms with van der Waals surface area (Å²) in [4.78, 5) is 4.64. The number of imidazole rings is 1. The van der Waals surface area contributed by atoms with Crippen molar-refractivity contribution in [3.63, 3.8) is 0 Å². The first-order valence-electron chi connectivity index (χ1n) is 7.54. The maximum Gasteiger partial charge on any atom is 0.125 e. The minimum absolute atomic E-state index is 0.466. The molecule has 0 aliphatic heterocycles. The number of hydrogen-bond acceptors (Lipinski definition) is 3. The quantitative estimate of drug-likeness (QED) is 0.591. The molecule has 0 unspecified atom stereocenters. The fraction of sp³-hybridized carbons (Fsp3) is 0.800. The molecule has 4 nitrogen and oxygen atoms in total. The highest BCUT2D eigenvalue weighted by Crippen LogP contribution is 2.12. The zero-order valence-corrected chi connectivity index (χ0v) is 15.2. The first kappa shape index (κ1) is 17.4. The van der Waals surface area contributed by atoms with Gasteiger partial charge in [0.25, 0.3) is 0 Å². The second-order valence-corrected chi connectivity index (χ2v) is 12.6. The highest BCUT2D eigenvalue weighted by atomic mass is 28.3. The standard InChI is InChI=1S/C15H31N3OSi/c1-12(2)16-10-15-17-13(3)14(4)18(15)11-19-8-9-20(5,6)7/h12,16H,8-11H2,1-7H3. The first-order valence-corrected chi connectivity index (χ1v) is 11.2. The summed E-state index contributed by atoms with van der Waals surface area (Å²) in [5.41, 5.74) is 2.30. The number of hydrogen-bond donors (Lipinski definition) is 1. The number of ether oxygens (including phenoxy) is 1. The molecule has 116 valence electrons. The van der Waals surface area contributed by atoms with Crippen molar-refractivity contribution in [3.8, 4) is 0 Å². The van der Waals surface area contributed by atoms with Gasteiger partial charge in [0.05, 0.1) is 12.2 Å². The predicted octanol–water partition coefficient (Wildman–Crippen LogP) is 3.31. The van der Waals surface area contributed by atoms with Crippen molar-refractivity contribution in [1.82, 2.24) is 14.9 Å². The van der Waals surface area contributed by atoms with E-state index in [1.54, 1.807) is 0 Å². The van der Waals surface area contributed by atoms with E-state index in [2.05, 4.69) is 62.2 Å². The van der Waals surface area contributed by atoms with Gasteiger partial charge in [0.15, 0.2) is 0 Å². The van der Waals surface area contributed by atoms with Crippen molar-refractivity contribution in [1.29, 1.82) is 0 Å². The Morgan fingerprint density at radius 3 is 2.45 bits per heavy atom. The van der Waals surface area contributed by atoms with Crippen LogP contribution in [0.25, 0.3) is 0 Å². The number of aromatic nitrogens is 2. The zero-order chi connectivity index (χ0) is 15.3. The first-order chi connectivity index (χ1) is 9.20. The Morgan fingerprint density at radius 1 is 1.25 bits per heavy atom. The lowest BCUT2D eigenvalue weighted by Crippen LogP contribution is -2.25. The number of nitrogens with zero attached hydrogens (tertiary/aromatic N) is 2. The molecule has 5 heteroatoms. The minimum atomic E-state index is -1.01. The molecule has 0 aromatic carbocycles. The van der Waals surface area contributed by atoms with Crippen LogP contribution in [0.2, 0.25) is 25.7 Å². The average Bonchev–Trinajstić information content (AvgIpc) is 2.58. The molecule has 1 heterocycles. The monoisotopic (exact) mass is 297 g/mol. The van der Waals surface area contributed by atoms with Gasteiger partial charge in [-0.3, -0.25) is 0 Å². The van der Waals surface area contributed by atoms with E-state index in [9.17, 15) is 0 Å². The molecule has 1 aromatic heterocycles. The summed E-state index contributed by atoms with van der Waals surface area (Å²) in [7, 11) is -1.01. The van der Waals surface area contributed by atoms with E-state index in [4.69, 9.17) is 4.74 Å². The summed E-state index contributed by atoms with van der Waals surface area (Å²) >= 11 is 0. The molecule has 20 heavy (non-hydrogen) atoms. The van der Waals surface area contributed by atoms with E-state index in [1.807, 2.05) is 0 Å². The highest BCUT2D eigenvalue weighted by molar-refractivity contribution is 6.76. The SMILES string of the molecule is Cc1nc(CNC(C)C)n(COCC[Si](C)(C)C)c1C. The van der Waals surface area contributed by atoms with Crippen LogP contribution in [-0.2, 0) is 18.0 Å². The van der Waals surface area contributed by atoms with Crippen LogP contribution in [0.15, 0.2) is 0 Å². The van der Waals surface area contributed by atoms with Gasteiger partial charge in [0.2, 0.25) is 0 Å². The van der Waals surface area contributed by atoms with Gasteiger partial charge in [0.1, 0.15) is 12.6 Å². The van der Waals surface area contributed by atoms with E-state index < -0.39 is 8.07 Å². The van der Waals surface area contributed by atoms with Crippen molar-refractivity contribution >= 4 is 8.07 Å². The fourth-order valence-electron chi connectivity index (χ4n) is 1.86. The molecule has 0 saturated carbocycles. The summed E-state index contributed by atoms with van der Waals surface area (Å²) in [6.07, 6.45) is 0. The van der Waals surface area contributed by atoms with Gasteiger partial charge in [-0.1, -0.05) is 33.5 Å². The van der Waals surface area contributed by atoms with Gasteiger partial charge in [-0.25, -0.2) is 4.98 Å². The molecular formula is C15H31N3OSi. The van der Waals surface area contributed by atoms with Crippen molar-refractivity contribution in [2.45, 2.75) is 72.7 Å². The van der Waals surface area contributed by atoms with Crippen molar-refractivity contribution in [2.24, 2.45) is 0 Å². The van der Waals surface area contributed by atoms with Crippen LogP contribution in [-0.4, -0.2) is 30.3 Å². The Labute approximate surface area is 124 Å². The van der Waals surface area contributed by atoms with Gasteiger partial charge in [-0.15, -0.1) is 0 Å². The van der Waals surface area contributed by atoms with Crippen LogP contribution in [0.4, 0.5) is 0 Å². The third-order valence-electron chi connectivity index (χ3n) is 3.42. The summed E-state index contributed by atoms with van der Waals surface area (Å²) in [6, 6.07) is 1.67. The van der Waals surface area contributed by atoms with Gasteiger partial charge in [-0.05, 0) is 19.9 Å². The third kappa shape index (κ3) is 5.77. The summed E-state index contributed by atoms with van der Waals surface area (Å²) in [5.74, 6) is 1.07. The molecule has 0 radical (unpaired) electrons. The number of aryl methyl sites for hydroxylation is 1. The maximum atomic E-state index is 5.87. The zero-order valence-electron chi connectivity index (χ0n) is 14.2. The Morgan fingerprint density at radius 2 is 1.90 bits per heavy atom. The molecule has 0 amide bonds. The van der Waals surface area contributed by atoms with E-state index in [0.717, 1.165) is 24.7 Å². The second kappa shape index (κ2) is 7.38. The molecular weight excluding hydrogens is 266 g/mol. The van der Waals surface area contributed by atoms with Crippen molar-refractivity contribution < 1.29 is 4.74 Å². The van der Waals surface area contributed by atoms with Crippen molar-refractivity contribution in [2.75, 3.05) is 6.61 Å². The molecule has 0 fully saturated rings. The number of nitrogens with one attached hydrogen (secondary N) is 1. The summed E-state index contributed by atoms with van der Waals surface area (Å²) in [6.45, 7) is 17.9. The molecule has 1 rings (SSSR count). The lowest BCUT2D eigenvalue weighted by atomic mass is 10.4. The smallest absolute Gasteiger partial charge is 0.125 e. The Hall–Kier alpha value is -0.653. The van der Waals surface area contributed by atoms with E-state index in [0.29, 0.717) is 12.8 Å². The minimum Gasteiger partial charge on any atom is -0.361 e. The normalized spacial score (nSPS) is 12.4. The van der Waals surface area contributed by atoms with Crippen LogP contribution in [0.5, 0.6) is 0 Å². The third-order valence-corrected chi connectivity index (χ3v) is 5.13. The van der Waals surface area contributed by atoms with E-state index in [-0.39, 0.29) is 0 Å². The Kier molecular flexibility index (Phi) is 6.42. The van der Waals surface area contributed by atoms with Crippen LogP contribution >= 0.6 is 0 Å². The highest BCUT2D eigenvalue weighted by Gasteiger charge is 2.14. The lowest BCUT2D eigenvalue weighted by Gasteiger charge is -2.17. The average molecular weight is 298 g/mol. The molecule has 0 saturated heterocycles. The summed E-state index contributed by atoms with van der Waals surface area (Å²) in [5, 5.41) is 3.43. The molecule has 1 N–H and O–H groups in total. The molecule has 0 aliphatic carbocycles. The largest absolute Gasteiger partial charge is 0.361 e. The molecule has 0 spiro atoms. The van der Waals surface area contributed by atoms with Crippen LogP contribution in [0.3, 0.4) is 0 Å². The maximum absolute atomic E-state index is 5.87. The van der Waals surface area contributed by atoms with Gasteiger partial charge in [-0.2, -0.15) is 0 Å². The van der Waals surface area contributed by atoms with Gasteiger partial charge in [0, 0.05) is 26.4 Å². The predicted molar refractivity (Wildman–Crippen MR) is 87.8 cm³/mol. The molecule has 1 aromatic rings. The van der Waals surface area contributed by atoms with Gasteiger partial charge >= 0.3 is 0 Å². The topological polar surface area (TPSA) is 39.1 Å². The van der Waals surface area contributed by atoms with Crippen LogP contribution < -0.4 is 5.32 Å². The van der Waals surface area contributed by atoms with Crippen LogP contribution in [0, 0.1) is 13.8 Å².